The maximum atomic E-state index is 12.9. The largest absolute Gasteiger partial charge is 0.446 e. The summed E-state index contributed by atoms with van der Waals surface area (Å²) in [6.07, 6.45) is 7.17. The van der Waals surface area contributed by atoms with Gasteiger partial charge in [0, 0.05) is 42.7 Å². The maximum absolute atomic E-state index is 12.9. The number of hydrogen-bond donors (Lipinski definition) is 4. The highest BCUT2D eigenvalue weighted by atomic mass is 16.6. The lowest BCUT2D eigenvalue weighted by Crippen LogP contribution is -2.73. The minimum atomic E-state index is -1.09. The number of likely N-dealkylation sites (N-methyl/N-ethyl adjacent to an activating group) is 1. The van der Waals surface area contributed by atoms with Crippen LogP contribution in [-0.4, -0.2) is 107 Å². The topological polar surface area (TPSA) is 139 Å². The van der Waals surface area contributed by atoms with Crippen LogP contribution in [-0.2, 0) is 14.2 Å². The van der Waals surface area contributed by atoms with Gasteiger partial charge in [-0.1, -0.05) is 20.8 Å². The van der Waals surface area contributed by atoms with E-state index in [4.69, 9.17) is 24.9 Å². The third kappa shape index (κ3) is 3.65. The fourth-order valence-corrected chi connectivity index (χ4v) is 13.7. The molecule has 3 spiro atoms. The van der Waals surface area contributed by atoms with Crippen LogP contribution in [0.2, 0.25) is 0 Å². The number of carbonyl (C=O) groups is 1. The van der Waals surface area contributed by atoms with Crippen molar-refractivity contribution >= 4 is 12.3 Å². The first-order chi connectivity index (χ1) is 21.5. The van der Waals surface area contributed by atoms with Gasteiger partial charge >= 0.3 is 6.09 Å². The van der Waals surface area contributed by atoms with E-state index < -0.39 is 40.4 Å². The lowest BCUT2D eigenvalue weighted by molar-refractivity contribution is -0.218. The van der Waals surface area contributed by atoms with E-state index in [0.29, 0.717) is 18.9 Å². The van der Waals surface area contributed by atoms with E-state index in [2.05, 4.69) is 44.3 Å². The first-order valence-electron chi connectivity index (χ1n) is 18.2. The Kier molecular flexibility index (Phi) is 6.72. The highest BCUT2D eigenvalue weighted by molar-refractivity contribution is 5.74. The van der Waals surface area contributed by atoms with Gasteiger partial charge in [0.15, 0.2) is 0 Å². The molecule has 3 heterocycles. The number of rotatable bonds is 6. The fourth-order valence-electron chi connectivity index (χ4n) is 13.7. The van der Waals surface area contributed by atoms with Crippen molar-refractivity contribution in [1.29, 1.82) is 0 Å². The van der Waals surface area contributed by atoms with Crippen molar-refractivity contribution in [3.05, 3.63) is 0 Å². The number of nitrogens with one attached hydrogen (secondary N) is 1. The van der Waals surface area contributed by atoms with Crippen molar-refractivity contribution in [1.82, 2.24) is 10.2 Å². The first kappa shape index (κ1) is 31.9. The number of nitrogens with two attached hydrogens (primary N) is 1. The summed E-state index contributed by atoms with van der Waals surface area (Å²) in [6, 6.07) is 0.176. The maximum Gasteiger partial charge on any atom is 0.407 e. The molecule has 258 valence electrons. The molecule has 10 heteroatoms. The number of aliphatic hydroxyl groups is 2. The van der Waals surface area contributed by atoms with E-state index >= 15 is 0 Å². The Hall–Kier alpha value is -1.30. The Morgan fingerprint density at radius 1 is 1.15 bits per heavy atom. The lowest BCUT2D eigenvalue weighted by atomic mass is 9.42. The average Bonchev–Trinajstić information content (AvgIpc) is 3.58. The van der Waals surface area contributed by atoms with Crippen molar-refractivity contribution in [2.75, 3.05) is 26.7 Å². The number of fused-ring (bicyclic) bond motifs is 2. The van der Waals surface area contributed by atoms with Gasteiger partial charge in [-0.25, -0.2) is 4.79 Å². The number of hydrogen-bond acceptors (Lipinski definition) is 9. The quantitative estimate of drug-likeness (QED) is 0.347. The Labute approximate surface area is 274 Å². The van der Waals surface area contributed by atoms with Gasteiger partial charge in [-0.15, -0.1) is 0 Å². The third-order valence-electron chi connectivity index (χ3n) is 15.7. The van der Waals surface area contributed by atoms with E-state index in [1.165, 1.54) is 0 Å². The molecule has 1 amide bonds. The third-order valence-corrected chi connectivity index (χ3v) is 15.7. The number of aliphatic hydroxyl groups excluding tert-OH is 1. The average molecular weight is 643 g/mol. The van der Waals surface area contributed by atoms with Crippen molar-refractivity contribution in [2.45, 2.75) is 146 Å². The molecule has 5 aliphatic carbocycles. The Morgan fingerprint density at radius 3 is 2.48 bits per heavy atom. The van der Waals surface area contributed by atoms with Crippen molar-refractivity contribution in [3.63, 3.8) is 0 Å². The van der Waals surface area contributed by atoms with Gasteiger partial charge in [0.05, 0.1) is 23.3 Å². The van der Waals surface area contributed by atoms with Gasteiger partial charge in [-0.05, 0) is 102 Å². The second-order valence-electron chi connectivity index (χ2n) is 18.3. The number of nitrogens with zero attached hydrogens (tertiary/aromatic N) is 2. The van der Waals surface area contributed by atoms with Crippen LogP contribution >= 0.6 is 0 Å². The Balaban J connectivity index is 1.06. The second-order valence-corrected chi connectivity index (χ2v) is 18.3. The van der Waals surface area contributed by atoms with Crippen LogP contribution in [0.5, 0.6) is 0 Å². The van der Waals surface area contributed by atoms with E-state index in [1.54, 1.807) is 13.8 Å². The molecule has 0 aromatic heterocycles. The number of likely N-dealkylation sites (tertiary alicyclic amines) is 1. The van der Waals surface area contributed by atoms with E-state index in [1.807, 2.05) is 6.92 Å². The summed E-state index contributed by atoms with van der Waals surface area (Å²) < 4.78 is 19.2. The molecule has 0 aromatic carbocycles. The van der Waals surface area contributed by atoms with Crippen LogP contribution in [0, 0.1) is 39.4 Å². The number of alkyl carbamates (subject to hydrolysis) is 1. The molecule has 0 radical (unpaired) electrons. The zero-order valence-corrected chi connectivity index (χ0v) is 29.1. The molecule has 46 heavy (non-hydrogen) atoms. The summed E-state index contributed by atoms with van der Waals surface area (Å²) in [4.78, 5) is 20.3. The fraction of sp³-hybridized carbons (Fsp3) is 0.944. The number of carbonyl (C=O) groups excluding carboxylic acids is 1. The van der Waals surface area contributed by atoms with Crippen molar-refractivity contribution < 1.29 is 29.2 Å². The molecule has 3 aliphatic heterocycles. The van der Waals surface area contributed by atoms with Gasteiger partial charge in [0.25, 0.3) is 0 Å². The van der Waals surface area contributed by atoms with E-state index in [9.17, 15) is 15.0 Å². The smallest absolute Gasteiger partial charge is 0.407 e. The number of aliphatic imine (C=N–C) groups is 1. The molecule has 8 aliphatic rings. The molecule has 2 saturated heterocycles. The standard InChI is InChI=1S/C36H58N4O6/c1-8-44-27(31(4,5)43)22-15-20-16-38-36(20)28(45-22)26(41)35(37)24-10-9-23-30(2,3)25(46-29(42)39-21-17-40(7)18-21)11-12-33(23)19-34(24,33)14-13-32(35,36)6/h16,20-28,41,43H,8-15,17-19,37H2,1-7H3,(H,39,42). The van der Waals surface area contributed by atoms with Gasteiger partial charge in [0.2, 0.25) is 0 Å². The predicted octanol–water partition coefficient (Wildman–Crippen LogP) is 3.26. The Morgan fingerprint density at radius 2 is 1.85 bits per heavy atom. The minimum absolute atomic E-state index is 0.0829. The molecule has 13 atom stereocenters. The molecule has 7 fully saturated rings. The van der Waals surface area contributed by atoms with E-state index in [0.717, 1.165) is 58.0 Å². The molecule has 5 saturated carbocycles. The molecular weight excluding hydrogens is 584 g/mol. The number of ether oxygens (including phenoxy) is 3. The van der Waals surface area contributed by atoms with Crippen LogP contribution in [0.1, 0.15) is 92.9 Å². The normalized spacial score (nSPS) is 52.3. The zero-order chi connectivity index (χ0) is 32.9. The van der Waals surface area contributed by atoms with Gasteiger partial charge in [-0.3, -0.25) is 4.99 Å². The van der Waals surface area contributed by atoms with Crippen molar-refractivity contribution in [3.8, 4) is 0 Å². The monoisotopic (exact) mass is 642 g/mol. The SMILES string of the molecule is CCOC(C1CC2C=NC23C(O1)C(O)C1(N)C2CCC4C(C)(C)C(OC(=O)NC5CN(C)C5)CCC45CC25CCC13C)C(C)(C)O. The molecule has 0 bridgehead atoms. The van der Waals surface area contributed by atoms with Crippen LogP contribution in [0.3, 0.4) is 0 Å². The van der Waals surface area contributed by atoms with Gasteiger partial charge in [-0.2, -0.15) is 0 Å². The summed E-state index contributed by atoms with van der Waals surface area (Å²) in [5.41, 5.74) is 5.03. The highest BCUT2D eigenvalue weighted by Crippen LogP contribution is 2.88. The van der Waals surface area contributed by atoms with Crippen LogP contribution in [0.4, 0.5) is 4.79 Å². The lowest BCUT2D eigenvalue weighted by Gasteiger charge is -2.65. The van der Waals surface area contributed by atoms with Crippen LogP contribution < -0.4 is 11.1 Å². The summed E-state index contributed by atoms with van der Waals surface area (Å²) in [7, 11) is 2.06. The summed E-state index contributed by atoms with van der Waals surface area (Å²) in [5, 5.41) is 26.7. The highest BCUT2D eigenvalue weighted by Gasteiger charge is 2.89. The second kappa shape index (κ2) is 9.69. The molecule has 13 unspecified atom stereocenters. The predicted molar refractivity (Wildman–Crippen MR) is 173 cm³/mol. The first-order valence-corrected chi connectivity index (χ1v) is 18.2. The summed E-state index contributed by atoms with van der Waals surface area (Å²) >= 11 is 0. The van der Waals surface area contributed by atoms with Crippen molar-refractivity contribution in [2.24, 2.45) is 50.1 Å². The minimum Gasteiger partial charge on any atom is -0.446 e. The van der Waals surface area contributed by atoms with Crippen LogP contribution in [0.25, 0.3) is 0 Å². The number of amides is 1. The Bertz CT molecular complexity index is 1310. The molecule has 10 nitrogen and oxygen atoms in total. The van der Waals surface area contributed by atoms with Gasteiger partial charge in [0.1, 0.15) is 30.0 Å². The zero-order valence-electron chi connectivity index (χ0n) is 29.1. The molecule has 8 rings (SSSR count). The molecule has 0 aromatic rings. The summed E-state index contributed by atoms with van der Waals surface area (Å²) in [5.74, 6) is 0.745. The molecular formula is C36H58N4O6. The van der Waals surface area contributed by atoms with E-state index in [-0.39, 0.29) is 52.4 Å². The summed E-state index contributed by atoms with van der Waals surface area (Å²) in [6.45, 7) is 14.7. The van der Waals surface area contributed by atoms with Gasteiger partial charge < -0.3 is 40.4 Å². The van der Waals surface area contributed by atoms with Crippen LogP contribution in [0.15, 0.2) is 4.99 Å². The molecule has 5 N–H and O–H groups in total.